The lowest BCUT2D eigenvalue weighted by Crippen LogP contribution is -2.41. The highest BCUT2D eigenvalue weighted by Crippen LogP contribution is 2.12. The minimum absolute atomic E-state index is 0.0387. The van der Waals surface area contributed by atoms with Crippen molar-refractivity contribution < 1.29 is 23.9 Å². The van der Waals surface area contributed by atoms with Crippen molar-refractivity contribution in [2.45, 2.75) is 25.4 Å². The molecule has 5 N–H and O–H groups in total. The second-order valence-electron chi connectivity index (χ2n) is 7.08. The number of aromatic nitrogens is 4. The molecule has 0 saturated carbocycles. The number of esters is 2. The molecule has 178 valence electrons. The maximum absolute atomic E-state index is 12.5. The molecule has 13 heteroatoms. The summed E-state index contributed by atoms with van der Waals surface area (Å²) in [7, 11) is 2.44. The molecule has 2 aromatic heterocycles. The Morgan fingerprint density at radius 3 is 2.53 bits per heavy atom. The quantitative estimate of drug-likeness (QED) is 0.311. The highest BCUT2D eigenvalue weighted by atomic mass is 16.5. The van der Waals surface area contributed by atoms with E-state index in [1.807, 2.05) is 0 Å². The minimum Gasteiger partial charge on any atom is -0.469 e. The van der Waals surface area contributed by atoms with Crippen LogP contribution in [0.2, 0.25) is 0 Å². The molecule has 2 heterocycles. The second kappa shape index (κ2) is 10.8. The summed E-state index contributed by atoms with van der Waals surface area (Å²) >= 11 is 0. The molecule has 0 unspecified atom stereocenters. The van der Waals surface area contributed by atoms with Crippen molar-refractivity contribution in [3.8, 4) is 0 Å². The first-order valence-electron chi connectivity index (χ1n) is 10.1. The van der Waals surface area contributed by atoms with Crippen LogP contribution in [0, 0.1) is 0 Å². The molecule has 1 atom stereocenters. The smallest absolute Gasteiger partial charge is 0.328 e. The van der Waals surface area contributed by atoms with Gasteiger partial charge in [-0.3, -0.25) is 19.4 Å². The lowest BCUT2D eigenvalue weighted by molar-refractivity contribution is -0.144. The van der Waals surface area contributed by atoms with Gasteiger partial charge in [0.2, 0.25) is 5.95 Å². The van der Waals surface area contributed by atoms with Crippen LogP contribution in [-0.2, 0) is 25.6 Å². The summed E-state index contributed by atoms with van der Waals surface area (Å²) in [6, 6.07) is 5.47. The molecule has 3 aromatic rings. The number of rotatable bonds is 9. The van der Waals surface area contributed by atoms with E-state index in [1.54, 1.807) is 24.3 Å². The van der Waals surface area contributed by atoms with Crippen molar-refractivity contribution in [1.29, 1.82) is 0 Å². The van der Waals surface area contributed by atoms with Gasteiger partial charge >= 0.3 is 11.9 Å². The topological polar surface area (TPSA) is 191 Å². The zero-order valence-corrected chi connectivity index (χ0v) is 18.5. The zero-order chi connectivity index (χ0) is 24.7. The number of anilines is 2. The van der Waals surface area contributed by atoms with Gasteiger partial charge in [-0.05, 0) is 30.7 Å². The summed E-state index contributed by atoms with van der Waals surface area (Å²) in [4.78, 5) is 62.4. The van der Waals surface area contributed by atoms with E-state index in [9.17, 15) is 19.2 Å². The molecule has 3 rings (SSSR count). The largest absolute Gasteiger partial charge is 0.469 e. The highest BCUT2D eigenvalue weighted by Gasteiger charge is 2.23. The van der Waals surface area contributed by atoms with Crippen molar-refractivity contribution in [1.82, 2.24) is 25.3 Å². The number of nitrogens with two attached hydrogens (primary N) is 1. The Labute approximate surface area is 193 Å². The first-order valence-corrected chi connectivity index (χ1v) is 10.1. The van der Waals surface area contributed by atoms with Crippen LogP contribution in [0.3, 0.4) is 0 Å². The van der Waals surface area contributed by atoms with E-state index in [1.165, 1.54) is 20.4 Å². The number of carbonyl (C=O) groups excluding carboxylic acids is 3. The molecule has 0 fully saturated rings. The molecule has 0 aliphatic heterocycles. The molecule has 34 heavy (non-hydrogen) atoms. The van der Waals surface area contributed by atoms with E-state index in [2.05, 4.69) is 40.0 Å². The van der Waals surface area contributed by atoms with E-state index < -0.39 is 29.4 Å². The van der Waals surface area contributed by atoms with E-state index in [-0.39, 0.29) is 36.5 Å². The summed E-state index contributed by atoms with van der Waals surface area (Å²) in [5, 5.41) is 5.67. The number of nitrogens with zero attached hydrogens (tertiary/aromatic N) is 3. The fraction of sp³-hybridized carbons (Fsp3) is 0.286. The summed E-state index contributed by atoms with van der Waals surface area (Å²) in [6.45, 7) is 0.260. The molecule has 0 aliphatic carbocycles. The molecule has 13 nitrogen and oxygen atoms in total. The van der Waals surface area contributed by atoms with Crippen LogP contribution in [0.5, 0.6) is 0 Å². The lowest BCUT2D eigenvalue weighted by Gasteiger charge is -2.16. The monoisotopic (exact) mass is 469 g/mol. The number of methoxy groups -OCH3 is 2. The summed E-state index contributed by atoms with van der Waals surface area (Å²) < 4.78 is 9.25. The summed E-state index contributed by atoms with van der Waals surface area (Å²) in [5.41, 5.74) is 6.72. The van der Waals surface area contributed by atoms with Gasteiger partial charge in [0.1, 0.15) is 6.04 Å². The minimum atomic E-state index is -0.992. The van der Waals surface area contributed by atoms with Crippen molar-refractivity contribution in [3.63, 3.8) is 0 Å². The van der Waals surface area contributed by atoms with E-state index in [0.29, 0.717) is 16.9 Å². The van der Waals surface area contributed by atoms with Gasteiger partial charge in [0, 0.05) is 17.7 Å². The van der Waals surface area contributed by atoms with Crippen LogP contribution in [0.25, 0.3) is 11.2 Å². The van der Waals surface area contributed by atoms with Crippen molar-refractivity contribution >= 4 is 40.6 Å². The third-order valence-electron chi connectivity index (χ3n) is 4.76. The Hall–Kier alpha value is -4.55. The maximum Gasteiger partial charge on any atom is 0.328 e. The number of nitrogen functional groups attached to an aromatic ring is 1. The Morgan fingerprint density at radius 1 is 1.12 bits per heavy atom. The number of carbonyl (C=O) groups is 3. The summed E-state index contributed by atoms with van der Waals surface area (Å²) in [6.07, 6.45) is 1.47. The van der Waals surface area contributed by atoms with E-state index in [4.69, 9.17) is 5.73 Å². The number of benzene rings is 1. The Morgan fingerprint density at radius 2 is 1.85 bits per heavy atom. The predicted molar refractivity (Wildman–Crippen MR) is 121 cm³/mol. The first-order chi connectivity index (χ1) is 16.3. The maximum atomic E-state index is 12.5. The third-order valence-corrected chi connectivity index (χ3v) is 4.76. The fourth-order valence-corrected chi connectivity index (χ4v) is 2.99. The van der Waals surface area contributed by atoms with Crippen LogP contribution in [0.15, 0.2) is 35.3 Å². The molecular formula is C21H23N7O6. The van der Waals surface area contributed by atoms with Crippen molar-refractivity contribution in [3.05, 3.63) is 52.1 Å². The van der Waals surface area contributed by atoms with Gasteiger partial charge in [0.25, 0.3) is 11.5 Å². The average molecular weight is 469 g/mol. The SMILES string of the molecule is COC(=O)CC[C@H](NC(=O)c1ccc(NCc2cnc3nc(N)[nH]c(=O)c3n2)cc1)C(=O)OC. The van der Waals surface area contributed by atoms with Gasteiger partial charge in [-0.1, -0.05) is 0 Å². The van der Waals surface area contributed by atoms with Gasteiger partial charge in [-0.25, -0.2) is 14.8 Å². The Bertz CT molecular complexity index is 1260. The van der Waals surface area contributed by atoms with Gasteiger partial charge < -0.3 is 25.8 Å². The normalized spacial score (nSPS) is 11.5. The molecule has 1 amide bonds. The van der Waals surface area contributed by atoms with Crippen LogP contribution >= 0.6 is 0 Å². The number of H-pyrrole nitrogens is 1. The van der Waals surface area contributed by atoms with Crippen LogP contribution in [-0.4, -0.2) is 58.0 Å². The third kappa shape index (κ3) is 6.03. The number of amides is 1. The number of aromatic amines is 1. The van der Waals surface area contributed by atoms with Crippen LogP contribution < -0.4 is 21.9 Å². The van der Waals surface area contributed by atoms with Gasteiger partial charge in [-0.2, -0.15) is 4.98 Å². The average Bonchev–Trinajstić information content (AvgIpc) is 2.84. The highest BCUT2D eigenvalue weighted by molar-refractivity contribution is 5.97. The second-order valence-corrected chi connectivity index (χ2v) is 7.08. The number of hydrogen-bond donors (Lipinski definition) is 4. The molecule has 0 aliphatic rings. The van der Waals surface area contributed by atoms with E-state index >= 15 is 0 Å². The summed E-state index contributed by atoms with van der Waals surface area (Å²) in [5.74, 6) is -1.70. The van der Waals surface area contributed by atoms with E-state index in [0.717, 1.165) is 0 Å². The van der Waals surface area contributed by atoms with Crippen LogP contribution in [0.1, 0.15) is 28.9 Å². The van der Waals surface area contributed by atoms with Crippen molar-refractivity contribution in [2.75, 3.05) is 25.3 Å². The number of hydrogen-bond acceptors (Lipinski definition) is 11. The first kappa shape index (κ1) is 24.1. The Balaban J connectivity index is 1.62. The predicted octanol–water partition coefficient (Wildman–Crippen LogP) is 0.132. The molecule has 0 spiro atoms. The zero-order valence-electron chi connectivity index (χ0n) is 18.5. The van der Waals surface area contributed by atoms with Crippen LogP contribution in [0.4, 0.5) is 11.6 Å². The fourth-order valence-electron chi connectivity index (χ4n) is 2.99. The Kier molecular flexibility index (Phi) is 7.69. The molecule has 1 aromatic carbocycles. The molecule has 0 radical (unpaired) electrons. The van der Waals surface area contributed by atoms with Gasteiger partial charge in [0.05, 0.1) is 32.7 Å². The number of nitrogens with one attached hydrogen (secondary N) is 3. The van der Waals surface area contributed by atoms with Gasteiger partial charge in [0.15, 0.2) is 11.2 Å². The molecule has 0 saturated heterocycles. The standard InChI is InChI=1S/C21H23N7O6/c1-33-15(29)8-7-14(20(32)34-2)26-18(30)11-3-5-12(6-4-11)23-9-13-10-24-17-16(25-13)19(31)28-21(22)27-17/h3-6,10,14,23H,7-9H2,1-2H3,(H,26,30)(H3,22,24,27,28,31)/t14-/m0/s1. The lowest BCUT2D eigenvalue weighted by atomic mass is 10.1. The number of ether oxygens (including phenoxy) is 2. The number of fused-ring (bicyclic) bond motifs is 1. The molecular weight excluding hydrogens is 446 g/mol. The van der Waals surface area contributed by atoms with Crippen molar-refractivity contribution in [2.24, 2.45) is 0 Å². The molecule has 0 bridgehead atoms. The van der Waals surface area contributed by atoms with Gasteiger partial charge in [-0.15, -0.1) is 0 Å².